The number of carbonyl (C=O) groups excluding carboxylic acids is 2. The van der Waals surface area contributed by atoms with Gasteiger partial charge in [0.15, 0.2) is 0 Å². The lowest BCUT2D eigenvalue weighted by Crippen LogP contribution is -2.42. The number of likely N-dealkylation sites (N-methyl/N-ethyl adjacent to an activating group) is 1. The Labute approximate surface area is 111 Å². The third-order valence-corrected chi connectivity index (χ3v) is 2.55. The van der Waals surface area contributed by atoms with Gasteiger partial charge in [0.25, 0.3) is 5.91 Å². The van der Waals surface area contributed by atoms with Gasteiger partial charge in [0.1, 0.15) is 5.69 Å². The maximum Gasteiger partial charge on any atom is 0.270 e. The smallest absolute Gasteiger partial charge is 0.270 e. The van der Waals surface area contributed by atoms with Crippen LogP contribution in [0.2, 0.25) is 5.02 Å². The number of amides is 2. The summed E-state index contributed by atoms with van der Waals surface area (Å²) in [6.45, 7) is 6.08. The fourth-order valence-electron chi connectivity index (χ4n) is 1.53. The maximum atomic E-state index is 12.1. The van der Waals surface area contributed by atoms with Crippen LogP contribution >= 0.6 is 11.6 Å². The molecule has 0 saturated heterocycles. The molecule has 100 valence electrons. The van der Waals surface area contributed by atoms with E-state index in [1.165, 1.54) is 11.1 Å². The average Bonchev–Trinajstić information content (AvgIpc) is 2.70. The van der Waals surface area contributed by atoms with Crippen molar-refractivity contribution in [2.45, 2.75) is 26.8 Å². The first-order valence-electron chi connectivity index (χ1n) is 5.86. The fourth-order valence-corrected chi connectivity index (χ4v) is 1.69. The summed E-state index contributed by atoms with van der Waals surface area (Å²) in [7, 11) is 0. The summed E-state index contributed by atoms with van der Waals surface area (Å²) in [6, 6.07) is 1.61. The lowest BCUT2D eigenvalue weighted by Gasteiger charge is -2.20. The molecule has 0 aliphatic rings. The van der Waals surface area contributed by atoms with Gasteiger partial charge in [0.2, 0.25) is 5.91 Å². The number of halogens is 1. The molecule has 5 nitrogen and oxygen atoms in total. The van der Waals surface area contributed by atoms with E-state index in [9.17, 15) is 9.59 Å². The monoisotopic (exact) mass is 271 g/mol. The predicted octanol–water partition coefficient (Wildman–Crippen LogP) is 1.65. The zero-order valence-corrected chi connectivity index (χ0v) is 11.5. The third kappa shape index (κ3) is 4.07. The van der Waals surface area contributed by atoms with Gasteiger partial charge in [-0.3, -0.25) is 9.59 Å². The Morgan fingerprint density at radius 3 is 2.61 bits per heavy atom. The van der Waals surface area contributed by atoms with Gasteiger partial charge in [-0.2, -0.15) is 0 Å². The van der Waals surface area contributed by atoms with Gasteiger partial charge in [-0.25, -0.2) is 0 Å². The molecule has 0 aromatic carbocycles. The second kappa shape index (κ2) is 6.44. The third-order valence-electron chi connectivity index (χ3n) is 2.33. The fraction of sp³-hybridized carbons (Fsp3) is 0.500. The molecule has 0 aliphatic carbocycles. The highest BCUT2D eigenvalue weighted by atomic mass is 35.5. The summed E-state index contributed by atoms with van der Waals surface area (Å²) in [4.78, 5) is 27.9. The average molecular weight is 272 g/mol. The zero-order chi connectivity index (χ0) is 13.7. The van der Waals surface area contributed by atoms with Gasteiger partial charge in [0.05, 0.1) is 11.6 Å². The number of aromatic nitrogens is 1. The molecule has 1 aromatic rings. The predicted molar refractivity (Wildman–Crippen MR) is 70.7 cm³/mol. The normalized spacial score (nSPS) is 10.5. The minimum absolute atomic E-state index is 0.0458. The highest BCUT2D eigenvalue weighted by molar-refractivity contribution is 6.30. The molecular formula is C12H18ClN3O2. The first-order chi connectivity index (χ1) is 8.43. The minimum atomic E-state index is -0.233. The van der Waals surface area contributed by atoms with Crippen LogP contribution in [-0.4, -0.2) is 40.8 Å². The number of H-pyrrole nitrogens is 1. The molecule has 0 spiro atoms. The van der Waals surface area contributed by atoms with E-state index in [0.29, 0.717) is 17.3 Å². The van der Waals surface area contributed by atoms with E-state index >= 15 is 0 Å². The first kappa shape index (κ1) is 14.6. The van der Waals surface area contributed by atoms with E-state index < -0.39 is 0 Å². The molecule has 18 heavy (non-hydrogen) atoms. The molecule has 0 radical (unpaired) electrons. The molecule has 0 unspecified atom stereocenters. The van der Waals surface area contributed by atoms with Crippen LogP contribution in [0.3, 0.4) is 0 Å². The number of hydrogen-bond donors (Lipinski definition) is 2. The van der Waals surface area contributed by atoms with E-state index in [0.717, 1.165) is 0 Å². The van der Waals surface area contributed by atoms with Crippen molar-refractivity contribution in [3.8, 4) is 0 Å². The Hall–Kier alpha value is -1.49. The molecule has 0 bridgehead atoms. The molecule has 1 rings (SSSR count). The Bertz CT molecular complexity index is 429. The van der Waals surface area contributed by atoms with Crippen molar-refractivity contribution in [1.29, 1.82) is 0 Å². The van der Waals surface area contributed by atoms with Crippen molar-refractivity contribution < 1.29 is 9.59 Å². The van der Waals surface area contributed by atoms with E-state index in [1.54, 1.807) is 6.07 Å². The largest absolute Gasteiger partial charge is 0.356 e. The summed E-state index contributed by atoms with van der Waals surface area (Å²) in [6.07, 6.45) is 1.54. The summed E-state index contributed by atoms with van der Waals surface area (Å²) >= 11 is 5.75. The van der Waals surface area contributed by atoms with Gasteiger partial charge in [-0.05, 0) is 26.8 Å². The van der Waals surface area contributed by atoms with Crippen LogP contribution in [0.5, 0.6) is 0 Å². The molecule has 1 aromatic heterocycles. The summed E-state index contributed by atoms with van der Waals surface area (Å²) in [5, 5.41) is 3.22. The number of nitrogens with one attached hydrogen (secondary N) is 2. The van der Waals surface area contributed by atoms with Crippen LogP contribution in [0.4, 0.5) is 0 Å². The Kier molecular flexibility index (Phi) is 5.22. The summed E-state index contributed by atoms with van der Waals surface area (Å²) in [5.74, 6) is -0.402. The van der Waals surface area contributed by atoms with Crippen molar-refractivity contribution in [3.63, 3.8) is 0 Å². The van der Waals surface area contributed by atoms with Crippen molar-refractivity contribution in [3.05, 3.63) is 23.0 Å². The highest BCUT2D eigenvalue weighted by Crippen LogP contribution is 2.11. The zero-order valence-electron chi connectivity index (χ0n) is 10.8. The molecule has 0 aliphatic heterocycles. The van der Waals surface area contributed by atoms with Crippen LogP contribution < -0.4 is 5.32 Å². The summed E-state index contributed by atoms with van der Waals surface area (Å²) in [5.41, 5.74) is 0.388. The minimum Gasteiger partial charge on any atom is -0.356 e. The molecule has 2 amide bonds. The lowest BCUT2D eigenvalue weighted by molar-refractivity contribution is -0.122. The Morgan fingerprint density at radius 2 is 2.17 bits per heavy atom. The van der Waals surface area contributed by atoms with E-state index in [1.807, 2.05) is 20.8 Å². The standard InChI is InChI=1S/C12H18ClN3O2/c1-4-16(7-11(17)15-8(2)3)12(18)10-5-9(13)6-14-10/h5-6,8,14H,4,7H2,1-3H3,(H,15,17). The first-order valence-corrected chi connectivity index (χ1v) is 6.24. The molecule has 0 saturated carbocycles. The van der Waals surface area contributed by atoms with E-state index in [4.69, 9.17) is 11.6 Å². The quantitative estimate of drug-likeness (QED) is 0.855. The molecule has 2 N–H and O–H groups in total. The second-order valence-electron chi connectivity index (χ2n) is 4.27. The van der Waals surface area contributed by atoms with E-state index in [-0.39, 0.29) is 24.4 Å². The molecule has 0 atom stereocenters. The van der Waals surface area contributed by atoms with Gasteiger partial charge in [0, 0.05) is 18.8 Å². The van der Waals surface area contributed by atoms with Crippen molar-refractivity contribution in [1.82, 2.24) is 15.2 Å². The lowest BCUT2D eigenvalue weighted by atomic mass is 10.3. The molecule has 6 heteroatoms. The van der Waals surface area contributed by atoms with Gasteiger partial charge >= 0.3 is 0 Å². The van der Waals surface area contributed by atoms with Crippen LogP contribution in [0, 0.1) is 0 Å². The van der Waals surface area contributed by atoms with Gasteiger partial charge in [-0.15, -0.1) is 0 Å². The molecular weight excluding hydrogens is 254 g/mol. The SMILES string of the molecule is CCN(CC(=O)NC(C)C)C(=O)c1cc(Cl)c[nH]1. The van der Waals surface area contributed by atoms with E-state index in [2.05, 4.69) is 10.3 Å². The molecule has 0 fully saturated rings. The number of aromatic amines is 1. The highest BCUT2D eigenvalue weighted by Gasteiger charge is 2.18. The van der Waals surface area contributed by atoms with Crippen molar-refractivity contribution in [2.24, 2.45) is 0 Å². The topological polar surface area (TPSA) is 65.2 Å². The number of nitrogens with zero attached hydrogens (tertiary/aromatic N) is 1. The van der Waals surface area contributed by atoms with Crippen LogP contribution in [0.15, 0.2) is 12.3 Å². The van der Waals surface area contributed by atoms with Gasteiger partial charge < -0.3 is 15.2 Å². The number of hydrogen-bond acceptors (Lipinski definition) is 2. The van der Waals surface area contributed by atoms with Crippen molar-refractivity contribution in [2.75, 3.05) is 13.1 Å². The number of rotatable bonds is 5. The maximum absolute atomic E-state index is 12.1. The van der Waals surface area contributed by atoms with Crippen LogP contribution in [-0.2, 0) is 4.79 Å². The van der Waals surface area contributed by atoms with Crippen molar-refractivity contribution >= 4 is 23.4 Å². The van der Waals surface area contributed by atoms with Crippen LogP contribution in [0.25, 0.3) is 0 Å². The van der Waals surface area contributed by atoms with Gasteiger partial charge in [-0.1, -0.05) is 11.6 Å². The summed E-state index contributed by atoms with van der Waals surface area (Å²) < 4.78 is 0. The second-order valence-corrected chi connectivity index (χ2v) is 4.71. The Morgan fingerprint density at radius 1 is 1.50 bits per heavy atom. The van der Waals surface area contributed by atoms with Crippen LogP contribution in [0.1, 0.15) is 31.3 Å². The molecule has 1 heterocycles. The Balaban J connectivity index is 2.66. The number of carbonyl (C=O) groups is 2.